The minimum absolute atomic E-state index is 0.228. The summed E-state index contributed by atoms with van der Waals surface area (Å²) in [5.74, 6) is 0.576. The Hall–Kier alpha value is -2.63. The normalized spacial score (nSPS) is 15.1. The Morgan fingerprint density at radius 2 is 1.96 bits per heavy atom. The summed E-state index contributed by atoms with van der Waals surface area (Å²) in [6.45, 7) is 2.27. The van der Waals surface area contributed by atoms with Gasteiger partial charge in [-0.05, 0) is 37.3 Å². The van der Waals surface area contributed by atoms with E-state index in [0.717, 1.165) is 38.3 Å². The quantitative estimate of drug-likeness (QED) is 0.755. The lowest BCUT2D eigenvalue weighted by Gasteiger charge is -2.31. The highest BCUT2D eigenvalue weighted by Gasteiger charge is 2.25. The third-order valence-electron chi connectivity index (χ3n) is 4.58. The van der Waals surface area contributed by atoms with E-state index >= 15 is 0 Å². The number of aryl methyl sites for hydroxylation is 1. The van der Waals surface area contributed by atoms with Crippen molar-refractivity contribution < 1.29 is 9.90 Å². The third kappa shape index (κ3) is 4.92. The predicted molar refractivity (Wildman–Crippen MR) is 97.9 cm³/mol. The number of hydrogen-bond acceptors (Lipinski definition) is 5. The number of nitrogens with zero attached hydrogens (tertiary/aromatic N) is 3. The molecule has 3 rings (SSSR count). The molecule has 2 aromatic rings. The highest BCUT2D eigenvalue weighted by atomic mass is 16.4. The maximum atomic E-state index is 11.0. The van der Waals surface area contributed by atoms with Crippen LogP contribution in [0, 0.1) is 5.92 Å². The molecule has 1 aliphatic heterocycles. The summed E-state index contributed by atoms with van der Waals surface area (Å²) < 4.78 is 0. The number of carbonyl (C=O) groups is 1. The molecule has 0 aliphatic carbocycles. The van der Waals surface area contributed by atoms with E-state index in [1.54, 1.807) is 6.20 Å². The number of hydrogen-bond donors (Lipinski definition) is 2. The van der Waals surface area contributed by atoms with E-state index in [1.807, 2.05) is 12.1 Å². The third-order valence-corrected chi connectivity index (χ3v) is 4.58. The molecule has 2 heterocycles. The second-order valence-corrected chi connectivity index (χ2v) is 6.35. The highest BCUT2D eigenvalue weighted by Crippen LogP contribution is 2.22. The minimum Gasteiger partial charge on any atom is -0.481 e. The molecule has 1 aromatic carbocycles. The van der Waals surface area contributed by atoms with Crippen molar-refractivity contribution in [2.75, 3.05) is 29.9 Å². The van der Waals surface area contributed by atoms with Crippen molar-refractivity contribution in [2.24, 2.45) is 5.92 Å². The number of aromatic nitrogens is 2. The Labute approximate surface area is 147 Å². The molecular formula is C19H24N4O2. The molecule has 1 aliphatic rings. The standard InChI is InChI=1S/C19H24N4O2/c24-18(25)16-9-13-23(14-10-16)17-8-12-21-19(22-17)20-11-4-7-15-5-2-1-3-6-15/h1-3,5-6,8,12,16H,4,7,9-11,13-14H2,(H,24,25)(H,20,21,22). The van der Waals surface area contributed by atoms with Gasteiger partial charge in [-0.1, -0.05) is 30.3 Å². The Balaban J connectivity index is 1.47. The second kappa shape index (κ2) is 8.46. The number of carboxylic acids is 1. The molecule has 25 heavy (non-hydrogen) atoms. The molecule has 0 amide bonds. The second-order valence-electron chi connectivity index (χ2n) is 6.35. The summed E-state index contributed by atoms with van der Waals surface area (Å²) in [6, 6.07) is 12.3. The van der Waals surface area contributed by atoms with Crippen LogP contribution in [0.2, 0.25) is 0 Å². The molecule has 0 unspecified atom stereocenters. The van der Waals surface area contributed by atoms with Crippen molar-refractivity contribution in [3.63, 3.8) is 0 Å². The fourth-order valence-electron chi connectivity index (χ4n) is 3.10. The van der Waals surface area contributed by atoms with Gasteiger partial charge in [-0.15, -0.1) is 0 Å². The number of benzene rings is 1. The van der Waals surface area contributed by atoms with Crippen molar-refractivity contribution in [3.8, 4) is 0 Å². The Kier molecular flexibility index (Phi) is 5.82. The summed E-state index contributed by atoms with van der Waals surface area (Å²) in [4.78, 5) is 22.0. The van der Waals surface area contributed by atoms with Gasteiger partial charge in [-0.3, -0.25) is 4.79 Å². The fourth-order valence-corrected chi connectivity index (χ4v) is 3.10. The van der Waals surface area contributed by atoms with Gasteiger partial charge in [0.25, 0.3) is 0 Å². The van der Waals surface area contributed by atoms with Gasteiger partial charge >= 0.3 is 5.97 Å². The van der Waals surface area contributed by atoms with E-state index < -0.39 is 5.97 Å². The van der Waals surface area contributed by atoms with Gasteiger partial charge in [0.1, 0.15) is 5.82 Å². The highest BCUT2D eigenvalue weighted by molar-refractivity contribution is 5.70. The molecule has 0 bridgehead atoms. The average molecular weight is 340 g/mol. The van der Waals surface area contributed by atoms with Crippen LogP contribution in [0.3, 0.4) is 0 Å². The van der Waals surface area contributed by atoms with Gasteiger partial charge in [0.05, 0.1) is 5.92 Å². The lowest BCUT2D eigenvalue weighted by molar-refractivity contribution is -0.142. The van der Waals surface area contributed by atoms with Crippen LogP contribution in [0.1, 0.15) is 24.8 Å². The number of nitrogens with one attached hydrogen (secondary N) is 1. The van der Waals surface area contributed by atoms with Crippen LogP contribution in [0.15, 0.2) is 42.6 Å². The van der Waals surface area contributed by atoms with Crippen LogP contribution in [0.5, 0.6) is 0 Å². The molecule has 0 spiro atoms. The molecule has 1 aromatic heterocycles. The predicted octanol–water partition coefficient (Wildman–Crippen LogP) is 2.82. The zero-order valence-electron chi connectivity index (χ0n) is 14.3. The largest absolute Gasteiger partial charge is 0.481 e. The molecule has 0 radical (unpaired) electrons. The maximum absolute atomic E-state index is 11.0. The monoisotopic (exact) mass is 340 g/mol. The van der Waals surface area contributed by atoms with Crippen LogP contribution >= 0.6 is 0 Å². The molecule has 2 N–H and O–H groups in total. The number of anilines is 2. The van der Waals surface area contributed by atoms with Crippen LogP contribution in [-0.2, 0) is 11.2 Å². The number of aliphatic carboxylic acids is 1. The van der Waals surface area contributed by atoms with Gasteiger partial charge in [-0.2, -0.15) is 4.98 Å². The lowest BCUT2D eigenvalue weighted by Crippen LogP contribution is -2.36. The average Bonchev–Trinajstić information content (AvgIpc) is 2.66. The van der Waals surface area contributed by atoms with Gasteiger partial charge in [-0.25, -0.2) is 4.98 Å². The van der Waals surface area contributed by atoms with E-state index in [0.29, 0.717) is 18.8 Å². The number of rotatable bonds is 7. The molecule has 1 fully saturated rings. The topological polar surface area (TPSA) is 78.3 Å². The van der Waals surface area contributed by atoms with E-state index in [4.69, 9.17) is 5.11 Å². The summed E-state index contributed by atoms with van der Waals surface area (Å²) in [5, 5.41) is 12.4. The molecule has 1 saturated heterocycles. The Morgan fingerprint density at radius 1 is 1.20 bits per heavy atom. The number of piperidine rings is 1. The molecule has 132 valence electrons. The maximum Gasteiger partial charge on any atom is 0.306 e. The Bertz CT molecular complexity index is 685. The molecule has 0 saturated carbocycles. The fraction of sp³-hybridized carbons (Fsp3) is 0.421. The summed E-state index contributed by atoms with van der Waals surface area (Å²) in [7, 11) is 0. The van der Waals surface area contributed by atoms with Gasteiger partial charge in [0.2, 0.25) is 5.95 Å². The molecule has 6 heteroatoms. The summed E-state index contributed by atoms with van der Waals surface area (Å²) >= 11 is 0. The first-order chi connectivity index (χ1) is 12.2. The van der Waals surface area contributed by atoms with Crippen LogP contribution in [0.4, 0.5) is 11.8 Å². The molecule has 0 atom stereocenters. The van der Waals surface area contributed by atoms with Crippen LogP contribution in [0.25, 0.3) is 0 Å². The van der Waals surface area contributed by atoms with Crippen molar-refractivity contribution in [2.45, 2.75) is 25.7 Å². The number of carboxylic acid groups (broad SMARTS) is 1. The zero-order valence-corrected chi connectivity index (χ0v) is 14.3. The molecule has 6 nitrogen and oxygen atoms in total. The smallest absolute Gasteiger partial charge is 0.306 e. The van der Waals surface area contributed by atoms with Crippen LogP contribution in [-0.4, -0.2) is 40.7 Å². The van der Waals surface area contributed by atoms with E-state index in [-0.39, 0.29) is 5.92 Å². The van der Waals surface area contributed by atoms with E-state index in [9.17, 15) is 4.79 Å². The first-order valence-corrected chi connectivity index (χ1v) is 8.81. The van der Waals surface area contributed by atoms with Gasteiger partial charge < -0.3 is 15.3 Å². The van der Waals surface area contributed by atoms with Gasteiger partial charge in [0.15, 0.2) is 0 Å². The van der Waals surface area contributed by atoms with Gasteiger partial charge in [0, 0.05) is 25.8 Å². The van der Waals surface area contributed by atoms with E-state index in [1.165, 1.54) is 5.56 Å². The Morgan fingerprint density at radius 3 is 2.68 bits per heavy atom. The lowest BCUT2D eigenvalue weighted by atomic mass is 9.97. The van der Waals surface area contributed by atoms with Crippen molar-refractivity contribution in [1.82, 2.24) is 9.97 Å². The van der Waals surface area contributed by atoms with Crippen molar-refractivity contribution in [1.29, 1.82) is 0 Å². The molecular weight excluding hydrogens is 316 g/mol. The minimum atomic E-state index is -0.692. The first kappa shape index (κ1) is 17.2. The zero-order chi connectivity index (χ0) is 17.5. The SMILES string of the molecule is O=C(O)C1CCN(c2ccnc(NCCCc3ccccc3)n2)CC1. The summed E-state index contributed by atoms with van der Waals surface area (Å²) in [5.41, 5.74) is 1.33. The van der Waals surface area contributed by atoms with Crippen molar-refractivity contribution >= 4 is 17.7 Å². The van der Waals surface area contributed by atoms with E-state index in [2.05, 4.69) is 44.5 Å². The first-order valence-electron chi connectivity index (χ1n) is 8.81. The summed E-state index contributed by atoms with van der Waals surface area (Å²) in [6.07, 6.45) is 5.13. The van der Waals surface area contributed by atoms with Crippen LogP contribution < -0.4 is 10.2 Å². The van der Waals surface area contributed by atoms with Crippen molar-refractivity contribution in [3.05, 3.63) is 48.2 Å².